The predicted molar refractivity (Wildman–Crippen MR) is 106 cm³/mol. The van der Waals surface area contributed by atoms with E-state index in [-0.39, 0.29) is 5.91 Å². The molecule has 2 aromatic heterocycles. The van der Waals surface area contributed by atoms with E-state index < -0.39 is 0 Å². The van der Waals surface area contributed by atoms with Gasteiger partial charge in [0.05, 0.1) is 11.2 Å². The summed E-state index contributed by atoms with van der Waals surface area (Å²) in [4.78, 5) is 17.2. The predicted octanol–water partition coefficient (Wildman–Crippen LogP) is 5.23. The fraction of sp³-hybridized carbons (Fsp3) is 0. The summed E-state index contributed by atoms with van der Waals surface area (Å²) in [5, 5.41) is 13.4. The van der Waals surface area contributed by atoms with Gasteiger partial charge in [0.2, 0.25) is 5.13 Å². The first-order chi connectivity index (χ1) is 12.7. The first-order valence-electron chi connectivity index (χ1n) is 7.62. The molecule has 0 aliphatic carbocycles. The number of rotatable bonds is 4. The lowest BCUT2D eigenvalue weighted by molar-refractivity contribution is 0.103. The lowest BCUT2D eigenvalue weighted by Crippen LogP contribution is -2.09. The van der Waals surface area contributed by atoms with Gasteiger partial charge in [-0.3, -0.25) is 10.1 Å². The van der Waals surface area contributed by atoms with Crippen LogP contribution in [0.1, 0.15) is 9.67 Å². The lowest BCUT2D eigenvalue weighted by atomic mass is 10.2. The Morgan fingerprint density at radius 1 is 0.923 bits per heavy atom. The van der Waals surface area contributed by atoms with Crippen LogP contribution in [0.5, 0.6) is 0 Å². The molecule has 0 saturated carbocycles. The van der Waals surface area contributed by atoms with Crippen LogP contribution in [0.4, 0.5) is 5.13 Å². The number of hydrogen-bond donors (Lipinski definition) is 1. The molecule has 4 rings (SSSR count). The van der Waals surface area contributed by atoms with Gasteiger partial charge in [0, 0.05) is 11.1 Å². The molecule has 0 aliphatic rings. The molecule has 0 saturated heterocycles. The topological polar surface area (TPSA) is 67.8 Å². The second-order valence-electron chi connectivity index (χ2n) is 5.24. The molecule has 0 atom stereocenters. The van der Waals surface area contributed by atoms with Crippen molar-refractivity contribution in [3.63, 3.8) is 0 Å². The number of nitrogens with zero attached hydrogens (tertiary/aromatic N) is 3. The van der Waals surface area contributed by atoms with Gasteiger partial charge in [-0.25, -0.2) is 4.98 Å². The molecule has 0 bridgehead atoms. The van der Waals surface area contributed by atoms with Gasteiger partial charge in [-0.15, -0.1) is 21.5 Å². The average Bonchev–Trinajstić information content (AvgIpc) is 3.33. The van der Waals surface area contributed by atoms with Crippen molar-refractivity contribution in [2.24, 2.45) is 0 Å². The zero-order valence-electron chi connectivity index (χ0n) is 13.2. The number of anilines is 1. The Bertz CT molecular complexity index is 1060. The quantitative estimate of drug-likeness (QED) is 0.510. The van der Waals surface area contributed by atoms with Gasteiger partial charge in [-0.05, 0) is 6.07 Å². The van der Waals surface area contributed by atoms with Gasteiger partial charge >= 0.3 is 0 Å². The third kappa shape index (κ3) is 3.50. The van der Waals surface area contributed by atoms with Crippen molar-refractivity contribution in [2.75, 3.05) is 5.32 Å². The maximum Gasteiger partial charge on any atom is 0.269 e. The van der Waals surface area contributed by atoms with E-state index in [2.05, 4.69) is 20.5 Å². The van der Waals surface area contributed by atoms with Crippen LogP contribution in [-0.4, -0.2) is 21.1 Å². The molecular formula is C18H11ClN4OS2. The summed E-state index contributed by atoms with van der Waals surface area (Å²) in [6.45, 7) is 0. The van der Waals surface area contributed by atoms with Gasteiger partial charge in [0.15, 0.2) is 0 Å². The molecule has 5 nitrogen and oxygen atoms in total. The minimum atomic E-state index is -0.267. The standard InChI is InChI=1S/C18H11ClN4OS2/c19-13-9-5-4-8-12(13)17-20-10-14(25-17)15(24)21-18-23-22-16(26-18)11-6-2-1-3-7-11/h1-10H,(H,21,23,24). The molecule has 0 spiro atoms. The number of benzene rings is 2. The number of thiazole rings is 1. The van der Waals surface area contributed by atoms with Gasteiger partial charge in [0.1, 0.15) is 14.9 Å². The highest BCUT2D eigenvalue weighted by molar-refractivity contribution is 7.19. The van der Waals surface area contributed by atoms with Crippen LogP contribution in [0.2, 0.25) is 5.02 Å². The molecule has 128 valence electrons. The lowest BCUT2D eigenvalue weighted by Gasteiger charge is -1.98. The first kappa shape index (κ1) is 16.8. The Kier molecular flexibility index (Phi) is 4.75. The molecule has 1 N–H and O–H groups in total. The second-order valence-corrected chi connectivity index (χ2v) is 7.66. The Hall–Kier alpha value is -2.61. The smallest absolute Gasteiger partial charge is 0.269 e. The van der Waals surface area contributed by atoms with Gasteiger partial charge in [-0.2, -0.15) is 0 Å². The van der Waals surface area contributed by atoms with Crippen LogP contribution in [0.25, 0.3) is 21.1 Å². The molecule has 0 aliphatic heterocycles. The minimum Gasteiger partial charge on any atom is -0.296 e. The monoisotopic (exact) mass is 398 g/mol. The Labute approximate surface area is 162 Å². The van der Waals surface area contributed by atoms with Crippen molar-refractivity contribution in [2.45, 2.75) is 0 Å². The van der Waals surface area contributed by atoms with Crippen LogP contribution in [0, 0.1) is 0 Å². The molecule has 0 unspecified atom stereocenters. The van der Waals surface area contributed by atoms with Crippen molar-refractivity contribution in [3.05, 3.63) is 70.7 Å². The third-order valence-electron chi connectivity index (χ3n) is 3.50. The number of nitrogens with one attached hydrogen (secondary N) is 1. The van der Waals surface area contributed by atoms with E-state index in [9.17, 15) is 4.79 Å². The normalized spacial score (nSPS) is 10.7. The molecule has 2 heterocycles. The molecule has 4 aromatic rings. The SMILES string of the molecule is O=C(Nc1nnc(-c2ccccc2)s1)c1cnc(-c2ccccc2Cl)s1. The number of halogens is 1. The summed E-state index contributed by atoms with van der Waals surface area (Å²) in [5.74, 6) is -0.267. The van der Waals surface area contributed by atoms with Crippen molar-refractivity contribution in [3.8, 4) is 21.1 Å². The summed E-state index contributed by atoms with van der Waals surface area (Å²) >= 11 is 8.79. The highest BCUT2D eigenvalue weighted by Crippen LogP contribution is 2.32. The highest BCUT2D eigenvalue weighted by Gasteiger charge is 2.15. The van der Waals surface area contributed by atoms with E-state index in [4.69, 9.17) is 11.6 Å². The number of hydrogen-bond acceptors (Lipinski definition) is 6. The first-order valence-corrected chi connectivity index (χ1v) is 9.63. The van der Waals surface area contributed by atoms with Gasteiger partial charge in [0.25, 0.3) is 5.91 Å². The number of carbonyl (C=O) groups excluding carboxylic acids is 1. The molecule has 0 radical (unpaired) electrons. The fourth-order valence-corrected chi connectivity index (χ4v) is 4.14. The highest BCUT2D eigenvalue weighted by atomic mass is 35.5. The zero-order chi connectivity index (χ0) is 17.9. The van der Waals surface area contributed by atoms with Crippen LogP contribution in [0.3, 0.4) is 0 Å². The maximum absolute atomic E-state index is 12.5. The van der Waals surface area contributed by atoms with Crippen LogP contribution in [0.15, 0.2) is 60.8 Å². The van der Waals surface area contributed by atoms with E-state index in [0.717, 1.165) is 16.1 Å². The van der Waals surface area contributed by atoms with E-state index in [1.54, 1.807) is 6.07 Å². The molecular weight excluding hydrogens is 388 g/mol. The fourth-order valence-electron chi connectivity index (χ4n) is 2.27. The van der Waals surface area contributed by atoms with Crippen LogP contribution in [-0.2, 0) is 0 Å². The Morgan fingerprint density at radius 3 is 2.50 bits per heavy atom. The number of amides is 1. The third-order valence-corrected chi connectivity index (χ3v) is 5.75. The molecule has 2 aromatic carbocycles. The maximum atomic E-state index is 12.5. The van der Waals surface area contributed by atoms with Crippen LogP contribution < -0.4 is 5.32 Å². The molecule has 1 amide bonds. The van der Waals surface area contributed by atoms with Crippen molar-refractivity contribution in [1.82, 2.24) is 15.2 Å². The summed E-state index contributed by atoms with van der Waals surface area (Å²) in [6, 6.07) is 17.1. The second kappa shape index (κ2) is 7.33. The van der Waals surface area contributed by atoms with Gasteiger partial charge in [-0.1, -0.05) is 71.5 Å². The van der Waals surface area contributed by atoms with E-state index in [1.165, 1.54) is 28.9 Å². The minimum absolute atomic E-state index is 0.267. The molecule has 8 heteroatoms. The van der Waals surface area contributed by atoms with Crippen molar-refractivity contribution >= 4 is 45.3 Å². The largest absolute Gasteiger partial charge is 0.296 e. The number of aromatic nitrogens is 3. The van der Waals surface area contributed by atoms with E-state index in [0.29, 0.717) is 20.0 Å². The Morgan fingerprint density at radius 2 is 1.69 bits per heavy atom. The summed E-state index contributed by atoms with van der Waals surface area (Å²) in [7, 11) is 0. The average molecular weight is 399 g/mol. The molecule has 0 fully saturated rings. The van der Waals surface area contributed by atoms with Crippen molar-refractivity contribution < 1.29 is 4.79 Å². The van der Waals surface area contributed by atoms with Crippen molar-refractivity contribution in [1.29, 1.82) is 0 Å². The zero-order valence-corrected chi connectivity index (χ0v) is 15.6. The summed E-state index contributed by atoms with van der Waals surface area (Å²) in [6.07, 6.45) is 1.54. The summed E-state index contributed by atoms with van der Waals surface area (Å²) in [5.41, 5.74) is 1.77. The van der Waals surface area contributed by atoms with E-state index >= 15 is 0 Å². The Balaban J connectivity index is 1.51. The van der Waals surface area contributed by atoms with E-state index in [1.807, 2.05) is 48.5 Å². The molecule has 26 heavy (non-hydrogen) atoms. The summed E-state index contributed by atoms with van der Waals surface area (Å²) < 4.78 is 0. The van der Waals surface area contributed by atoms with Crippen LogP contribution >= 0.6 is 34.3 Å². The van der Waals surface area contributed by atoms with Gasteiger partial charge < -0.3 is 0 Å². The number of carbonyl (C=O) groups is 1.